The van der Waals surface area contributed by atoms with Crippen LogP contribution >= 0.6 is 0 Å². The lowest BCUT2D eigenvalue weighted by Crippen LogP contribution is -2.23. The molecule has 84 valence electrons. The standard InChI is InChI=1S/C12H14FN3/c1-16-5-4-10(8-16)15-12-3-2-9(7-14)6-11(12)13/h2-3,6,10,15H,4-5,8H2,1H3. The maximum absolute atomic E-state index is 13.6. The monoisotopic (exact) mass is 219 g/mol. The van der Waals surface area contributed by atoms with Gasteiger partial charge in [0.25, 0.3) is 0 Å². The largest absolute Gasteiger partial charge is 0.379 e. The Balaban J connectivity index is 2.08. The summed E-state index contributed by atoms with van der Waals surface area (Å²) >= 11 is 0. The third kappa shape index (κ3) is 2.31. The van der Waals surface area contributed by atoms with Crippen LogP contribution < -0.4 is 5.32 Å². The van der Waals surface area contributed by atoms with Crippen LogP contribution in [0.4, 0.5) is 10.1 Å². The van der Waals surface area contributed by atoms with E-state index in [1.165, 1.54) is 6.07 Å². The van der Waals surface area contributed by atoms with E-state index in [-0.39, 0.29) is 5.82 Å². The van der Waals surface area contributed by atoms with Crippen molar-refractivity contribution in [3.63, 3.8) is 0 Å². The quantitative estimate of drug-likeness (QED) is 0.824. The van der Waals surface area contributed by atoms with Crippen molar-refractivity contribution in [1.82, 2.24) is 4.90 Å². The summed E-state index contributed by atoms with van der Waals surface area (Å²) in [5.41, 5.74) is 0.839. The molecule has 1 aromatic carbocycles. The van der Waals surface area contributed by atoms with Crippen LogP contribution in [0.25, 0.3) is 0 Å². The van der Waals surface area contributed by atoms with Gasteiger partial charge in [0.1, 0.15) is 5.82 Å². The minimum atomic E-state index is -0.353. The lowest BCUT2D eigenvalue weighted by molar-refractivity contribution is 0.414. The highest BCUT2D eigenvalue weighted by molar-refractivity contribution is 5.49. The molecule has 0 spiro atoms. The van der Waals surface area contributed by atoms with Gasteiger partial charge in [-0.3, -0.25) is 0 Å². The molecule has 2 rings (SSSR count). The van der Waals surface area contributed by atoms with Crippen molar-refractivity contribution in [2.45, 2.75) is 12.5 Å². The molecule has 1 saturated heterocycles. The van der Waals surface area contributed by atoms with Crippen LogP contribution in [-0.2, 0) is 0 Å². The van der Waals surface area contributed by atoms with E-state index in [2.05, 4.69) is 17.3 Å². The Hall–Kier alpha value is -1.60. The highest BCUT2D eigenvalue weighted by Crippen LogP contribution is 2.19. The molecule has 0 radical (unpaired) electrons. The SMILES string of the molecule is CN1CCC(Nc2ccc(C#N)cc2F)C1. The van der Waals surface area contributed by atoms with Crippen LogP contribution in [0.5, 0.6) is 0 Å². The van der Waals surface area contributed by atoms with Crippen molar-refractivity contribution in [1.29, 1.82) is 5.26 Å². The van der Waals surface area contributed by atoms with Crippen molar-refractivity contribution in [2.24, 2.45) is 0 Å². The average Bonchev–Trinajstić information content (AvgIpc) is 2.67. The van der Waals surface area contributed by atoms with Gasteiger partial charge >= 0.3 is 0 Å². The van der Waals surface area contributed by atoms with Gasteiger partial charge in [-0.1, -0.05) is 0 Å². The minimum absolute atomic E-state index is 0.299. The second kappa shape index (κ2) is 4.50. The maximum atomic E-state index is 13.6. The Bertz CT molecular complexity index is 425. The Kier molecular flexibility index (Phi) is 3.07. The Labute approximate surface area is 94.5 Å². The van der Waals surface area contributed by atoms with Crippen molar-refractivity contribution in [2.75, 3.05) is 25.5 Å². The third-order valence-corrected chi connectivity index (χ3v) is 2.85. The number of likely N-dealkylation sites (tertiary alicyclic amines) is 1. The van der Waals surface area contributed by atoms with Crippen LogP contribution in [-0.4, -0.2) is 31.1 Å². The van der Waals surface area contributed by atoms with E-state index in [9.17, 15) is 4.39 Å². The molecule has 0 aromatic heterocycles. The Morgan fingerprint density at radius 3 is 2.94 bits per heavy atom. The molecular weight excluding hydrogens is 205 g/mol. The molecule has 1 N–H and O–H groups in total. The van der Waals surface area contributed by atoms with Gasteiger partial charge < -0.3 is 10.2 Å². The Morgan fingerprint density at radius 1 is 1.56 bits per heavy atom. The zero-order valence-electron chi connectivity index (χ0n) is 9.20. The summed E-state index contributed by atoms with van der Waals surface area (Å²) in [5.74, 6) is -0.353. The van der Waals surface area contributed by atoms with Crippen LogP contribution in [0.1, 0.15) is 12.0 Å². The summed E-state index contributed by atoms with van der Waals surface area (Å²) in [6.45, 7) is 1.97. The van der Waals surface area contributed by atoms with Crippen molar-refractivity contribution in [3.8, 4) is 6.07 Å². The fourth-order valence-electron chi connectivity index (χ4n) is 1.97. The number of rotatable bonds is 2. The van der Waals surface area contributed by atoms with Gasteiger partial charge in [0.2, 0.25) is 0 Å². The van der Waals surface area contributed by atoms with E-state index in [1.54, 1.807) is 12.1 Å². The fourth-order valence-corrected chi connectivity index (χ4v) is 1.97. The topological polar surface area (TPSA) is 39.1 Å². The van der Waals surface area contributed by atoms with E-state index < -0.39 is 0 Å². The number of hydrogen-bond acceptors (Lipinski definition) is 3. The van der Waals surface area contributed by atoms with E-state index in [1.807, 2.05) is 6.07 Å². The van der Waals surface area contributed by atoms with Crippen LogP contribution in [0.2, 0.25) is 0 Å². The lowest BCUT2D eigenvalue weighted by Gasteiger charge is -2.14. The molecule has 1 atom stereocenters. The number of hydrogen-bond donors (Lipinski definition) is 1. The van der Waals surface area contributed by atoms with E-state index in [4.69, 9.17) is 5.26 Å². The summed E-state index contributed by atoms with van der Waals surface area (Å²) in [6, 6.07) is 6.74. The first kappa shape index (κ1) is 10.9. The molecule has 1 fully saturated rings. The summed E-state index contributed by atoms with van der Waals surface area (Å²) in [7, 11) is 2.05. The zero-order valence-corrected chi connectivity index (χ0v) is 9.20. The average molecular weight is 219 g/mol. The van der Waals surface area contributed by atoms with Crippen LogP contribution in [0, 0.1) is 17.1 Å². The smallest absolute Gasteiger partial charge is 0.147 e. The summed E-state index contributed by atoms with van der Waals surface area (Å²) in [5, 5.41) is 11.8. The summed E-state index contributed by atoms with van der Waals surface area (Å²) in [6.07, 6.45) is 1.02. The molecule has 0 saturated carbocycles. The predicted octanol–water partition coefficient (Wildman–Crippen LogP) is 1.81. The molecule has 1 heterocycles. The van der Waals surface area contributed by atoms with Crippen molar-refractivity contribution in [3.05, 3.63) is 29.6 Å². The molecular formula is C12H14FN3. The number of nitrogens with one attached hydrogen (secondary N) is 1. The van der Waals surface area contributed by atoms with E-state index >= 15 is 0 Å². The van der Waals surface area contributed by atoms with E-state index in [0.717, 1.165) is 19.5 Å². The zero-order chi connectivity index (χ0) is 11.5. The molecule has 0 bridgehead atoms. The van der Waals surface area contributed by atoms with Crippen molar-refractivity contribution >= 4 is 5.69 Å². The predicted molar refractivity (Wildman–Crippen MR) is 60.6 cm³/mol. The minimum Gasteiger partial charge on any atom is -0.379 e. The van der Waals surface area contributed by atoms with Gasteiger partial charge in [-0.15, -0.1) is 0 Å². The molecule has 1 aliphatic heterocycles. The normalized spacial score (nSPS) is 20.7. The first-order valence-electron chi connectivity index (χ1n) is 5.34. The number of likely N-dealkylation sites (N-methyl/N-ethyl adjacent to an activating group) is 1. The molecule has 1 aliphatic rings. The van der Waals surface area contributed by atoms with Gasteiger partial charge in [0.15, 0.2) is 0 Å². The first-order chi connectivity index (χ1) is 7.69. The summed E-state index contributed by atoms with van der Waals surface area (Å²) < 4.78 is 13.6. The molecule has 3 nitrogen and oxygen atoms in total. The molecule has 1 aromatic rings. The van der Waals surface area contributed by atoms with Gasteiger partial charge in [-0.2, -0.15) is 5.26 Å². The van der Waals surface area contributed by atoms with Crippen molar-refractivity contribution < 1.29 is 4.39 Å². The second-order valence-corrected chi connectivity index (χ2v) is 4.20. The third-order valence-electron chi connectivity index (χ3n) is 2.85. The second-order valence-electron chi connectivity index (χ2n) is 4.20. The molecule has 0 aliphatic carbocycles. The van der Waals surface area contributed by atoms with Gasteiger partial charge in [0, 0.05) is 12.6 Å². The van der Waals surface area contributed by atoms with Crippen LogP contribution in [0.3, 0.4) is 0 Å². The number of benzene rings is 1. The van der Waals surface area contributed by atoms with Gasteiger partial charge in [-0.25, -0.2) is 4.39 Å². The number of anilines is 1. The fraction of sp³-hybridized carbons (Fsp3) is 0.417. The molecule has 1 unspecified atom stereocenters. The first-order valence-corrected chi connectivity index (χ1v) is 5.34. The lowest BCUT2D eigenvalue weighted by atomic mass is 10.2. The Morgan fingerprint density at radius 2 is 2.38 bits per heavy atom. The van der Waals surface area contributed by atoms with Gasteiger partial charge in [-0.05, 0) is 38.2 Å². The summed E-state index contributed by atoms with van der Waals surface area (Å²) in [4.78, 5) is 2.21. The highest BCUT2D eigenvalue weighted by Gasteiger charge is 2.19. The van der Waals surface area contributed by atoms with Gasteiger partial charge in [0.05, 0.1) is 17.3 Å². The highest BCUT2D eigenvalue weighted by atomic mass is 19.1. The molecule has 0 amide bonds. The van der Waals surface area contributed by atoms with Crippen LogP contribution in [0.15, 0.2) is 18.2 Å². The number of halogens is 1. The number of nitriles is 1. The van der Waals surface area contributed by atoms with E-state index in [0.29, 0.717) is 17.3 Å². The molecule has 4 heteroatoms. The number of nitrogens with zero attached hydrogens (tertiary/aromatic N) is 2. The maximum Gasteiger partial charge on any atom is 0.147 e. The molecule has 16 heavy (non-hydrogen) atoms.